The van der Waals surface area contributed by atoms with Crippen LogP contribution in [0.15, 0.2) is 85.3 Å². The van der Waals surface area contributed by atoms with E-state index in [4.69, 9.17) is 16.3 Å². The zero-order valence-corrected chi connectivity index (χ0v) is 20.9. The first-order chi connectivity index (χ1) is 18.4. The molecule has 0 radical (unpaired) electrons. The van der Waals surface area contributed by atoms with Crippen LogP contribution in [0.1, 0.15) is 12.0 Å². The summed E-state index contributed by atoms with van der Waals surface area (Å²) in [6.45, 7) is 0.605. The Balaban J connectivity index is 1.27. The summed E-state index contributed by atoms with van der Waals surface area (Å²) in [5, 5.41) is 11.5. The summed E-state index contributed by atoms with van der Waals surface area (Å²) in [5.41, 5.74) is 1.46. The second-order valence-corrected chi connectivity index (χ2v) is 9.38. The van der Waals surface area contributed by atoms with Gasteiger partial charge in [-0.3, -0.25) is 4.79 Å². The third-order valence-corrected chi connectivity index (χ3v) is 6.60. The molecule has 1 amide bonds. The van der Waals surface area contributed by atoms with E-state index in [2.05, 4.69) is 15.5 Å². The zero-order chi connectivity index (χ0) is 26.5. The van der Waals surface area contributed by atoms with E-state index >= 15 is 0 Å². The SMILES string of the molecule is O=C(Nc1ccc(Oc2ccc(F)cc2)cc1)[C@@H]1C[C@@H](Cc2ccc(F)cc2Cl)CN1C=Cn1nccn1. The lowest BCUT2D eigenvalue weighted by atomic mass is 9.96. The van der Waals surface area contributed by atoms with Crippen molar-refractivity contribution in [1.29, 1.82) is 0 Å². The minimum absolute atomic E-state index is 0.121. The Morgan fingerprint density at radius 2 is 1.63 bits per heavy atom. The maximum absolute atomic E-state index is 13.5. The highest BCUT2D eigenvalue weighted by Crippen LogP contribution is 2.31. The van der Waals surface area contributed by atoms with Crippen LogP contribution < -0.4 is 10.1 Å². The molecular weight excluding hydrogens is 512 g/mol. The molecule has 0 bridgehead atoms. The first kappa shape index (κ1) is 25.4. The molecule has 2 heterocycles. The molecule has 1 fully saturated rings. The van der Waals surface area contributed by atoms with Crippen LogP contribution in [-0.2, 0) is 11.2 Å². The number of carbonyl (C=O) groups is 1. The molecule has 10 heteroatoms. The van der Waals surface area contributed by atoms with Crippen molar-refractivity contribution < 1.29 is 18.3 Å². The number of benzene rings is 3. The fraction of sp³-hybridized carbons (Fsp3) is 0.179. The molecule has 1 aromatic heterocycles. The number of rotatable bonds is 8. The van der Waals surface area contributed by atoms with Crippen molar-refractivity contribution in [2.24, 2.45) is 5.92 Å². The van der Waals surface area contributed by atoms with Gasteiger partial charge in [-0.2, -0.15) is 15.0 Å². The second-order valence-electron chi connectivity index (χ2n) is 8.97. The van der Waals surface area contributed by atoms with Gasteiger partial charge in [-0.15, -0.1) is 0 Å². The van der Waals surface area contributed by atoms with Gasteiger partial charge in [-0.25, -0.2) is 8.78 Å². The normalized spacial score (nSPS) is 17.2. The Hall–Kier alpha value is -4.24. The molecule has 4 aromatic rings. The van der Waals surface area contributed by atoms with Crippen LogP contribution in [0.25, 0.3) is 6.20 Å². The van der Waals surface area contributed by atoms with E-state index in [1.165, 1.54) is 29.1 Å². The van der Waals surface area contributed by atoms with Gasteiger partial charge in [0.1, 0.15) is 29.2 Å². The van der Waals surface area contributed by atoms with Gasteiger partial charge in [0.2, 0.25) is 5.91 Å². The first-order valence-corrected chi connectivity index (χ1v) is 12.4. The van der Waals surface area contributed by atoms with Gasteiger partial charge < -0.3 is 15.0 Å². The molecule has 194 valence electrons. The van der Waals surface area contributed by atoms with E-state index in [1.807, 2.05) is 4.90 Å². The van der Waals surface area contributed by atoms with Gasteiger partial charge in [-0.1, -0.05) is 17.7 Å². The van der Waals surface area contributed by atoms with Crippen LogP contribution in [0.4, 0.5) is 14.5 Å². The van der Waals surface area contributed by atoms with Gasteiger partial charge in [0.25, 0.3) is 0 Å². The van der Waals surface area contributed by atoms with Gasteiger partial charge in [0.05, 0.1) is 18.6 Å². The molecule has 38 heavy (non-hydrogen) atoms. The van der Waals surface area contributed by atoms with Crippen molar-refractivity contribution in [2.75, 3.05) is 11.9 Å². The third-order valence-electron chi connectivity index (χ3n) is 6.25. The Labute approximate surface area is 223 Å². The lowest BCUT2D eigenvalue weighted by Gasteiger charge is -2.21. The molecule has 5 rings (SSSR count). The molecule has 1 aliphatic rings. The van der Waals surface area contributed by atoms with Crippen molar-refractivity contribution in [1.82, 2.24) is 19.9 Å². The fourth-order valence-corrected chi connectivity index (χ4v) is 4.68. The van der Waals surface area contributed by atoms with Gasteiger partial charge >= 0.3 is 0 Å². The van der Waals surface area contributed by atoms with Crippen molar-refractivity contribution in [3.63, 3.8) is 0 Å². The molecule has 7 nitrogen and oxygen atoms in total. The van der Waals surface area contributed by atoms with Crippen molar-refractivity contribution in [3.8, 4) is 11.5 Å². The van der Waals surface area contributed by atoms with Crippen molar-refractivity contribution >= 4 is 29.4 Å². The quantitative estimate of drug-likeness (QED) is 0.299. The number of carbonyl (C=O) groups excluding carboxylic acids is 1. The zero-order valence-electron chi connectivity index (χ0n) is 20.2. The summed E-state index contributed by atoms with van der Waals surface area (Å²) in [5.74, 6) is 0.305. The number of likely N-dealkylation sites (tertiary alicyclic amines) is 1. The van der Waals surface area contributed by atoms with E-state index in [0.717, 1.165) is 5.56 Å². The Morgan fingerprint density at radius 1 is 0.974 bits per heavy atom. The Bertz CT molecular complexity index is 1410. The Morgan fingerprint density at radius 3 is 2.32 bits per heavy atom. The maximum Gasteiger partial charge on any atom is 0.247 e. The number of ether oxygens (including phenoxy) is 1. The molecular formula is C28H24ClF2N5O2. The molecule has 0 spiro atoms. The number of aromatic nitrogens is 3. The van der Waals surface area contributed by atoms with Crippen LogP contribution >= 0.6 is 11.6 Å². The molecule has 3 aromatic carbocycles. The summed E-state index contributed by atoms with van der Waals surface area (Å²) in [4.78, 5) is 16.7. The smallest absolute Gasteiger partial charge is 0.247 e. The number of nitrogens with one attached hydrogen (secondary N) is 1. The minimum atomic E-state index is -0.443. The van der Waals surface area contributed by atoms with Crippen LogP contribution in [0.2, 0.25) is 5.02 Å². The molecule has 0 unspecified atom stereocenters. The lowest BCUT2D eigenvalue weighted by molar-refractivity contribution is -0.119. The molecule has 1 aliphatic heterocycles. The summed E-state index contributed by atoms with van der Waals surface area (Å²) in [7, 11) is 0. The topological polar surface area (TPSA) is 72.3 Å². The van der Waals surface area contributed by atoms with Crippen LogP contribution in [0, 0.1) is 17.6 Å². The van der Waals surface area contributed by atoms with E-state index in [9.17, 15) is 13.6 Å². The molecule has 2 atom stereocenters. The highest BCUT2D eigenvalue weighted by Gasteiger charge is 2.35. The standard InChI is InChI=1S/C28H24ClF2N5O2/c29-26-17-22(31)2-1-20(26)15-19-16-27(35(18-19)13-14-36-32-11-12-33-36)28(37)34-23-5-9-25(10-6-23)38-24-7-3-21(30)4-8-24/h1-14,17,19,27H,15-16,18H2,(H,34,37)/t19-,27+/m1/s1. The van der Waals surface area contributed by atoms with Crippen LogP contribution in [-0.4, -0.2) is 38.4 Å². The van der Waals surface area contributed by atoms with Crippen molar-refractivity contribution in [3.05, 3.63) is 108 Å². The molecule has 1 saturated heterocycles. The molecule has 0 saturated carbocycles. The van der Waals surface area contributed by atoms with Crippen LogP contribution in [0.5, 0.6) is 11.5 Å². The predicted molar refractivity (Wildman–Crippen MR) is 141 cm³/mol. The Kier molecular flexibility index (Phi) is 7.65. The van der Waals surface area contributed by atoms with E-state index in [-0.39, 0.29) is 23.5 Å². The monoisotopic (exact) mass is 535 g/mol. The lowest BCUT2D eigenvalue weighted by Crippen LogP contribution is -2.36. The average molecular weight is 536 g/mol. The molecule has 1 N–H and O–H groups in total. The summed E-state index contributed by atoms with van der Waals surface area (Å²) >= 11 is 6.26. The highest BCUT2D eigenvalue weighted by molar-refractivity contribution is 6.31. The number of nitrogens with zero attached hydrogens (tertiary/aromatic N) is 4. The van der Waals surface area contributed by atoms with Gasteiger partial charge in [0, 0.05) is 23.5 Å². The summed E-state index contributed by atoms with van der Waals surface area (Å²) < 4.78 is 32.3. The average Bonchev–Trinajstić information content (AvgIpc) is 3.57. The van der Waals surface area contributed by atoms with E-state index in [1.54, 1.807) is 67.3 Å². The number of amides is 1. The largest absolute Gasteiger partial charge is 0.457 e. The van der Waals surface area contributed by atoms with Gasteiger partial charge in [-0.05, 0) is 85.0 Å². The predicted octanol–water partition coefficient (Wildman–Crippen LogP) is 6.00. The second kappa shape index (κ2) is 11.4. The summed E-state index contributed by atoms with van der Waals surface area (Å²) in [6.07, 6.45) is 7.83. The maximum atomic E-state index is 13.5. The van der Waals surface area contributed by atoms with Crippen molar-refractivity contribution in [2.45, 2.75) is 18.9 Å². The third kappa shape index (κ3) is 6.36. The number of hydrogen-bond acceptors (Lipinski definition) is 5. The first-order valence-electron chi connectivity index (χ1n) is 12.0. The van der Waals surface area contributed by atoms with E-state index in [0.29, 0.717) is 41.6 Å². The number of hydrogen-bond donors (Lipinski definition) is 1. The van der Waals surface area contributed by atoms with E-state index < -0.39 is 6.04 Å². The number of halogens is 3. The molecule has 0 aliphatic carbocycles. The van der Waals surface area contributed by atoms with Crippen LogP contribution in [0.3, 0.4) is 0 Å². The highest BCUT2D eigenvalue weighted by atomic mass is 35.5. The van der Waals surface area contributed by atoms with Gasteiger partial charge in [0.15, 0.2) is 0 Å². The fourth-order valence-electron chi connectivity index (χ4n) is 4.44. The minimum Gasteiger partial charge on any atom is -0.457 e. The summed E-state index contributed by atoms with van der Waals surface area (Å²) in [6, 6.07) is 16.6. The number of anilines is 1.